The van der Waals surface area contributed by atoms with Crippen molar-refractivity contribution >= 4 is 34.8 Å². The molecular formula is C25H32Cl2N4O2. The molecule has 6 nitrogen and oxygen atoms in total. The van der Waals surface area contributed by atoms with E-state index >= 15 is 0 Å². The summed E-state index contributed by atoms with van der Waals surface area (Å²) >= 11 is 12.5. The minimum absolute atomic E-state index is 0.0952. The van der Waals surface area contributed by atoms with Gasteiger partial charge in [0, 0.05) is 43.0 Å². The van der Waals surface area contributed by atoms with Crippen LogP contribution in [-0.4, -0.2) is 48.1 Å². The standard InChI is InChI=1S/C25H32Cl2N4O2/c1-15(33-24-10-6-18(28)12-30-24)20-13-31(25(32)16-3-7-19(29-2)8-4-16)14-21(20)17-5-9-22(26)23(27)11-17/h5-6,9-12,15-16,19-21,29H,3-4,7-8,13-14,28H2,1-2H3/t15-,16-,19-,20+,21+/m0/s1. The lowest BCUT2D eigenvalue weighted by Gasteiger charge is -2.30. The molecule has 1 saturated carbocycles. The Labute approximate surface area is 205 Å². The number of aromatic nitrogens is 1. The first-order valence-corrected chi connectivity index (χ1v) is 12.4. The fraction of sp³-hybridized carbons (Fsp3) is 0.520. The monoisotopic (exact) mass is 490 g/mol. The number of rotatable bonds is 6. The highest BCUT2D eigenvalue weighted by atomic mass is 35.5. The second kappa shape index (κ2) is 10.5. The van der Waals surface area contributed by atoms with Crippen molar-refractivity contribution in [1.82, 2.24) is 15.2 Å². The van der Waals surface area contributed by atoms with Crippen molar-refractivity contribution in [3.8, 4) is 5.88 Å². The molecule has 0 spiro atoms. The molecule has 8 heteroatoms. The molecule has 2 heterocycles. The first kappa shape index (κ1) is 24.1. The number of nitrogens with one attached hydrogen (secondary N) is 1. The van der Waals surface area contributed by atoms with Crippen molar-refractivity contribution in [2.45, 2.75) is 50.7 Å². The van der Waals surface area contributed by atoms with E-state index in [0.717, 1.165) is 31.2 Å². The molecule has 0 radical (unpaired) electrons. The summed E-state index contributed by atoms with van der Waals surface area (Å²) in [5.74, 6) is 1.08. The average Bonchev–Trinajstić information content (AvgIpc) is 3.27. The topological polar surface area (TPSA) is 80.5 Å². The summed E-state index contributed by atoms with van der Waals surface area (Å²) in [6, 6.07) is 9.82. The Kier molecular flexibility index (Phi) is 7.67. The van der Waals surface area contributed by atoms with Gasteiger partial charge in [0.15, 0.2) is 0 Å². The van der Waals surface area contributed by atoms with Gasteiger partial charge in [-0.15, -0.1) is 0 Å². The minimum atomic E-state index is -0.154. The molecule has 1 saturated heterocycles. The van der Waals surface area contributed by atoms with E-state index < -0.39 is 0 Å². The summed E-state index contributed by atoms with van der Waals surface area (Å²) in [5, 5.41) is 4.39. The molecule has 1 amide bonds. The fourth-order valence-electron chi connectivity index (χ4n) is 5.21. The number of carbonyl (C=O) groups excluding carboxylic acids is 1. The molecule has 1 aliphatic carbocycles. The van der Waals surface area contributed by atoms with Crippen LogP contribution in [0.3, 0.4) is 0 Å². The summed E-state index contributed by atoms with van der Waals surface area (Å²) in [4.78, 5) is 19.8. The van der Waals surface area contributed by atoms with Crippen LogP contribution in [0.15, 0.2) is 36.5 Å². The van der Waals surface area contributed by atoms with Crippen LogP contribution in [0.1, 0.15) is 44.1 Å². The molecule has 4 rings (SSSR count). The Morgan fingerprint density at radius 2 is 1.91 bits per heavy atom. The van der Waals surface area contributed by atoms with Gasteiger partial charge in [-0.2, -0.15) is 0 Å². The van der Waals surface area contributed by atoms with Crippen LogP contribution in [0.25, 0.3) is 0 Å². The zero-order valence-electron chi connectivity index (χ0n) is 19.1. The molecule has 1 aliphatic heterocycles. The zero-order valence-corrected chi connectivity index (χ0v) is 20.6. The van der Waals surface area contributed by atoms with Gasteiger partial charge in [-0.3, -0.25) is 4.79 Å². The van der Waals surface area contributed by atoms with E-state index in [-0.39, 0.29) is 29.8 Å². The molecule has 3 atom stereocenters. The summed E-state index contributed by atoms with van der Waals surface area (Å²) in [6.07, 6.45) is 5.39. The van der Waals surface area contributed by atoms with Crippen molar-refractivity contribution in [2.75, 3.05) is 25.9 Å². The Hall–Kier alpha value is -2.02. The zero-order chi connectivity index (χ0) is 23.5. The van der Waals surface area contributed by atoms with Gasteiger partial charge < -0.3 is 20.7 Å². The number of ether oxygens (including phenoxy) is 1. The molecule has 1 aromatic carbocycles. The van der Waals surface area contributed by atoms with E-state index in [9.17, 15) is 4.79 Å². The minimum Gasteiger partial charge on any atom is -0.474 e. The van der Waals surface area contributed by atoms with E-state index in [1.54, 1.807) is 18.3 Å². The molecular weight excluding hydrogens is 459 g/mol. The third kappa shape index (κ3) is 5.56. The van der Waals surface area contributed by atoms with Gasteiger partial charge in [-0.1, -0.05) is 29.3 Å². The van der Waals surface area contributed by atoms with Crippen LogP contribution in [0, 0.1) is 11.8 Å². The number of carbonyl (C=O) groups is 1. The smallest absolute Gasteiger partial charge is 0.225 e. The number of nitrogens with zero attached hydrogens (tertiary/aromatic N) is 2. The number of hydrogen-bond acceptors (Lipinski definition) is 5. The average molecular weight is 491 g/mol. The summed E-state index contributed by atoms with van der Waals surface area (Å²) in [7, 11) is 2.00. The highest BCUT2D eigenvalue weighted by Gasteiger charge is 2.42. The number of halogens is 2. The quantitative estimate of drug-likeness (QED) is 0.609. The van der Waals surface area contributed by atoms with Gasteiger partial charge in [0.05, 0.1) is 21.9 Å². The van der Waals surface area contributed by atoms with Crippen molar-refractivity contribution < 1.29 is 9.53 Å². The van der Waals surface area contributed by atoms with Crippen LogP contribution in [-0.2, 0) is 4.79 Å². The van der Waals surface area contributed by atoms with Crippen LogP contribution in [0.4, 0.5) is 5.69 Å². The van der Waals surface area contributed by atoms with Crippen LogP contribution >= 0.6 is 23.2 Å². The molecule has 178 valence electrons. The van der Waals surface area contributed by atoms with E-state index in [2.05, 4.69) is 10.3 Å². The number of hydrogen-bond donors (Lipinski definition) is 2. The lowest BCUT2D eigenvalue weighted by molar-refractivity contribution is -0.135. The maximum atomic E-state index is 13.4. The van der Waals surface area contributed by atoms with Gasteiger partial charge in [0.1, 0.15) is 6.10 Å². The highest BCUT2D eigenvalue weighted by Crippen LogP contribution is 2.39. The third-order valence-electron chi connectivity index (χ3n) is 7.20. The Bertz CT molecular complexity index is 963. The SMILES string of the molecule is CN[C@H]1CC[C@H](C(=O)N2C[C@H]([C@H](C)Oc3ccc(N)cn3)[C@@H](c3ccc(Cl)c(Cl)c3)C2)CC1. The van der Waals surface area contributed by atoms with Crippen LogP contribution < -0.4 is 15.8 Å². The van der Waals surface area contributed by atoms with E-state index in [1.165, 1.54) is 0 Å². The summed E-state index contributed by atoms with van der Waals surface area (Å²) in [5.41, 5.74) is 7.42. The van der Waals surface area contributed by atoms with E-state index in [1.807, 2.05) is 37.1 Å². The number of benzene rings is 1. The first-order valence-electron chi connectivity index (χ1n) is 11.6. The number of pyridine rings is 1. The van der Waals surface area contributed by atoms with Crippen LogP contribution in [0.2, 0.25) is 10.0 Å². The number of anilines is 1. The Morgan fingerprint density at radius 1 is 1.15 bits per heavy atom. The summed E-state index contributed by atoms with van der Waals surface area (Å²) < 4.78 is 6.19. The molecule has 1 aromatic heterocycles. The third-order valence-corrected chi connectivity index (χ3v) is 7.94. The maximum Gasteiger partial charge on any atom is 0.225 e. The van der Waals surface area contributed by atoms with E-state index in [4.69, 9.17) is 33.7 Å². The maximum absolute atomic E-state index is 13.4. The van der Waals surface area contributed by atoms with Gasteiger partial charge in [-0.05, 0) is 63.4 Å². The van der Waals surface area contributed by atoms with Crippen molar-refractivity contribution in [1.29, 1.82) is 0 Å². The van der Waals surface area contributed by atoms with Gasteiger partial charge in [0.2, 0.25) is 11.8 Å². The van der Waals surface area contributed by atoms with E-state index in [0.29, 0.717) is 40.7 Å². The molecule has 2 aromatic rings. The number of likely N-dealkylation sites (tertiary alicyclic amines) is 1. The largest absolute Gasteiger partial charge is 0.474 e. The summed E-state index contributed by atoms with van der Waals surface area (Å²) in [6.45, 7) is 3.33. The second-order valence-electron chi connectivity index (χ2n) is 9.28. The molecule has 3 N–H and O–H groups in total. The number of nitrogen functional groups attached to an aromatic ring is 1. The Balaban J connectivity index is 1.53. The predicted octanol–water partition coefficient (Wildman–Crippen LogP) is 4.76. The second-order valence-corrected chi connectivity index (χ2v) is 10.1. The van der Waals surface area contributed by atoms with Gasteiger partial charge in [0.25, 0.3) is 0 Å². The van der Waals surface area contributed by atoms with Gasteiger partial charge in [-0.25, -0.2) is 4.98 Å². The lowest BCUT2D eigenvalue weighted by Crippen LogP contribution is -2.39. The normalized spacial score (nSPS) is 26.2. The number of amides is 1. The first-order chi connectivity index (χ1) is 15.9. The lowest BCUT2D eigenvalue weighted by atomic mass is 9.85. The predicted molar refractivity (Wildman–Crippen MR) is 133 cm³/mol. The Morgan fingerprint density at radius 3 is 2.55 bits per heavy atom. The molecule has 2 fully saturated rings. The van der Waals surface area contributed by atoms with Crippen molar-refractivity contribution in [3.05, 3.63) is 52.1 Å². The number of nitrogens with two attached hydrogens (primary N) is 1. The highest BCUT2D eigenvalue weighted by molar-refractivity contribution is 6.42. The van der Waals surface area contributed by atoms with Crippen molar-refractivity contribution in [2.24, 2.45) is 11.8 Å². The van der Waals surface area contributed by atoms with Crippen molar-refractivity contribution in [3.63, 3.8) is 0 Å². The molecule has 0 unspecified atom stereocenters. The molecule has 33 heavy (non-hydrogen) atoms. The molecule has 0 bridgehead atoms. The van der Waals surface area contributed by atoms with Gasteiger partial charge >= 0.3 is 0 Å². The van der Waals surface area contributed by atoms with Crippen LogP contribution in [0.5, 0.6) is 5.88 Å². The fourth-order valence-corrected chi connectivity index (χ4v) is 5.51. The molecule has 2 aliphatic rings.